The Bertz CT molecular complexity index is 1130. The predicted octanol–water partition coefficient (Wildman–Crippen LogP) is 5.25. The van der Waals surface area contributed by atoms with Gasteiger partial charge in [-0.3, -0.25) is 5.41 Å². The molecule has 0 saturated carbocycles. The van der Waals surface area contributed by atoms with E-state index in [1.165, 1.54) is 11.3 Å². The van der Waals surface area contributed by atoms with Crippen LogP contribution in [-0.4, -0.2) is 36.7 Å². The third-order valence-electron chi connectivity index (χ3n) is 4.62. The molecule has 4 rings (SSSR count). The van der Waals surface area contributed by atoms with E-state index in [9.17, 15) is 5.11 Å². The molecule has 1 aliphatic heterocycles. The number of hydrogen-bond donors (Lipinski definition) is 2. The molecule has 0 radical (unpaired) electrons. The van der Waals surface area contributed by atoms with Crippen LogP contribution in [0.2, 0.25) is 5.02 Å². The zero-order valence-electron chi connectivity index (χ0n) is 15.8. The highest BCUT2D eigenvalue weighted by Gasteiger charge is 2.31. The number of thiazole rings is 1. The van der Waals surface area contributed by atoms with E-state index in [1.807, 2.05) is 29.6 Å². The summed E-state index contributed by atoms with van der Waals surface area (Å²) in [5, 5.41) is 22.3. The minimum atomic E-state index is 0.108. The molecular weight excluding hydrogens is 410 g/mol. The molecule has 29 heavy (non-hydrogen) atoms. The maximum Gasteiger partial charge on any atom is 0.162 e. The monoisotopic (exact) mass is 427 g/mol. The Balaban J connectivity index is 1.64. The van der Waals surface area contributed by atoms with Crippen molar-refractivity contribution in [3.05, 3.63) is 63.6 Å². The Morgan fingerprint density at radius 2 is 1.93 bits per heavy atom. The minimum Gasteiger partial charge on any atom is -0.510 e. The number of aliphatic hydroxyl groups is 1. The van der Waals surface area contributed by atoms with Crippen LogP contribution >= 0.6 is 22.9 Å². The van der Waals surface area contributed by atoms with Crippen molar-refractivity contribution < 1.29 is 14.6 Å². The Morgan fingerprint density at radius 1 is 1.14 bits per heavy atom. The van der Waals surface area contributed by atoms with Gasteiger partial charge in [-0.2, -0.15) is 0 Å². The summed E-state index contributed by atoms with van der Waals surface area (Å²) in [4.78, 5) is 6.32. The van der Waals surface area contributed by atoms with Gasteiger partial charge < -0.3 is 19.5 Å². The lowest BCUT2D eigenvalue weighted by Gasteiger charge is -2.20. The van der Waals surface area contributed by atoms with Crippen LogP contribution in [0.1, 0.15) is 5.01 Å². The smallest absolute Gasteiger partial charge is 0.162 e. The normalized spacial score (nSPS) is 13.9. The van der Waals surface area contributed by atoms with Gasteiger partial charge in [0.05, 0.1) is 32.0 Å². The second-order valence-electron chi connectivity index (χ2n) is 6.34. The first kappa shape index (κ1) is 19.3. The van der Waals surface area contributed by atoms with Gasteiger partial charge in [0.25, 0.3) is 0 Å². The number of benzene rings is 2. The van der Waals surface area contributed by atoms with E-state index in [-0.39, 0.29) is 18.1 Å². The standard InChI is InChI=1S/C21H18ClN3O3S/c1-27-17-7-6-14(9-18(17)28-2)25-10-16(26)19(20(25)23)21-24-15(11-29-21)12-4-3-5-13(22)8-12/h3-9,11,23,26H,10H2,1-2H3. The first-order chi connectivity index (χ1) is 14.0. The summed E-state index contributed by atoms with van der Waals surface area (Å²) in [7, 11) is 3.13. The quantitative estimate of drug-likeness (QED) is 0.581. The highest BCUT2D eigenvalue weighted by atomic mass is 35.5. The minimum absolute atomic E-state index is 0.108. The average molecular weight is 428 g/mol. The van der Waals surface area contributed by atoms with Gasteiger partial charge in [0.1, 0.15) is 16.6 Å². The van der Waals surface area contributed by atoms with E-state index < -0.39 is 0 Å². The molecule has 0 spiro atoms. The highest BCUT2D eigenvalue weighted by molar-refractivity contribution is 7.11. The van der Waals surface area contributed by atoms with Crippen LogP contribution < -0.4 is 14.4 Å². The number of halogens is 1. The molecule has 148 valence electrons. The summed E-state index contributed by atoms with van der Waals surface area (Å²) in [6, 6.07) is 12.8. The maximum atomic E-state index is 10.6. The number of aromatic nitrogens is 1. The van der Waals surface area contributed by atoms with Crippen LogP contribution in [0.5, 0.6) is 11.5 Å². The molecule has 0 saturated heterocycles. The van der Waals surface area contributed by atoms with Crippen molar-refractivity contribution >= 4 is 40.0 Å². The van der Waals surface area contributed by atoms with Gasteiger partial charge in [0.15, 0.2) is 11.5 Å². The first-order valence-electron chi connectivity index (χ1n) is 8.74. The molecule has 2 heterocycles. The van der Waals surface area contributed by atoms with Crippen LogP contribution in [-0.2, 0) is 0 Å². The Hall–Kier alpha value is -3.03. The SMILES string of the molecule is COc1ccc(N2CC(O)=C(c3nc(-c4cccc(Cl)c4)cs3)C2=N)cc1OC. The number of hydrogen-bond acceptors (Lipinski definition) is 6. The molecule has 0 aliphatic carbocycles. The van der Waals surface area contributed by atoms with Crippen molar-refractivity contribution in [2.75, 3.05) is 25.7 Å². The van der Waals surface area contributed by atoms with Crippen LogP contribution in [0.3, 0.4) is 0 Å². The molecule has 2 aromatic carbocycles. The molecule has 1 aliphatic rings. The fourth-order valence-corrected chi connectivity index (χ4v) is 4.27. The van der Waals surface area contributed by atoms with Gasteiger partial charge in [-0.25, -0.2) is 4.98 Å². The fraction of sp³-hybridized carbons (Fsp3) is 0.143. The lowest BCUT2D eigenvalue weighted by atomic mass is 10.2. The lowest BCUT2D eigenvalue weighted by molar-refractivity contribution is 0.355. The first-order valence-corrected chi connectivity index (χ1v) is 10.00. The van der Waals surface area contributed by atoms with Crippen molar-refractivity contribution in [1.82, 2.24) is 4.98 Å². The Labute approximate surface area is 177 Å². The molecule has 0 bridgehead atoms. The summed E-state index contributed by atoms with van der Waals surface area (Å²) in [5.74, 6) is 1.45. The predicted molar refractivity (Wildman–Crippen MR) is 117 cm³/mol. The Morgan fingerprint density at radius 3 is 2.66 bits per heavy atom. The number of anilines is 1. The van der Waals surface area contributed by atoms with Gasteiger partial charge in [-0.1, -0.05) is 23.7 Å². The number of nitrogens with zero attached hydrogens (tertiary/aromatic N) is 2. The average Bonchev–Trinajstić information content (AvgIpc) is 3.31. The van der Waals surface area contributed by atoms with Gasteiger partial charge >= 0.3 is 0 Å². The highest BCUT2D eigenvalue weighted by Crippen LogP contribution is 2.37. The summed E-state index contributed by atoms with van der Waals surface area (Å²) in [6.07, 6.45) is 0. The number of nitrogens with one attached hydrogen (secondary N) is 1. The van der Waals surface area contributed by atoms with E-state index in [0.29, 0.717) is 27.1 Å². The maximum absolute atomic E-state index is 10.6. The third kappa shape index (κ3) is 3.54. The van der Waals surface area contributed by atoms with Crippen molar-refractivity contribution in [1.29, 1.82) is 5.41 Å². The number of aliphatic hydroxyl groups excluding tert-OH is 1. The number of rotatable bonds is 5. The van der Waals surface area contributed by atoms with Gasteiger partial charge in [-0.05, 0) is 24.3 Å². The molecule has 0 fully saturated rings. The van der Waals surface area contributed by atoms with Crippen LogP contribution in [0.25, 0.3) is 16.8 Å². The van der Waals surface area contributed by atoms with Crippen LogP contribution in [0, 0.1) is 5.41 Å². The van der Waals surface area contributed by atoms with Gasteiger partial charge in [-0.15, -0.1) is 11.3 Å². The van der Waals surface area contributed by atoms with E-state index in [2.05, 4.69) is 4.98 Å². The van der Waals surface area contributed by atoms with E-state index in [0.717, 1.165) is 16.9 Å². The molecule has 0 atom stereocenters. The lowest BCUT2D eigenvalue weighted by Crippen LogP contribution is -2.26. The molecule has 8 heteroatoms. The van der Waals surface area contributed by atoms with Crippen molar-refractivity contribution in [3.8, 4) is 22.8 Å². The van der Waals surface area contributed by atoms with Gasteiger partial charge in [0.2, 0.25) is 0 Å². The molecular formula is C21H18ClN3O3S. The number of amidine groups is 1. The molecule has 1 aromatic heterocycles. The molecule has 0 unspecified atom stereocenters. The van der Waals surface area contributed by atoms with Crippen molar-refractivity contribution in [2.45, 2.75) is 0 Å². The van der Waals surface area contributed by atoms with Crippen molar-refractivity contribution in [3.63, 3.8) is 0 Å². The van der Waals surface area contributed by atoms with Gasteiger partial charge in [0, 0.05) is 27.7 Å². The largest absolute Gasteiger partial charge is 0.510 e. The summed E-state index contributed by atoms with van der Waals surface area (Å²) in [6.45, 7) is 0.190. The third-order valence-corrected chi connectivity index (χ3v) is 5.72. The van der Waals surface area contributed by atoms with E-state index >= 15 is 0 Å². The fourth-order valence-electron chi connectivity index (χ4n) is 3.19. The molecule has 0 amide bonds. The number of ether oxygens (including phenoxy) is 2. The molecule has 3 aromatic rings. The summed E-state index contributed by atoms with van der Waals surface area (Å²) >= 11 is 7.46. The zero-order valence-corrected chi connectivity index (χ0v) is 17.3. The molecule has 2 N–H and O–H groups in total. The van der Waals surface area contributed by atoms with Crippen molar-refractivity contribution in [2.24, 2.45) is 0 Å². The number of methoxy groups -OCH3 is 2. The summed E-state index contributed by atoms with van der Waals surface area (Å²) in [5.41, 5.74) is 2.80. The molecule has 6 nitrogen and oxygen atoms in total. The topological polar surface area (TPSA) is 78.7 Å². The summed E-state index contributed by atoms with van der Waals surface area (Å²) < 4.78 is 10.6. The van der Waals surface area contributed by atoms with Crippen LogP contribution in [0.4, 0.5) is 5.69 Å². The van der Waals surface area contributed by atoms with E-state index in [1.54, 1.807) is 37.3 Å². The second kappa shape index (κ2) is 7.77. The zero-order chi connectivity index (χ0) is 20.5. The van der Waals surface area contributed by atoms with Crippen LogP contribution in [0.15, 0.2) is 53.6 Å². The van der Waals surface area contributed by atoms with E-state index in [4.69, 9.17) is 26.5 Å². The second-order valence-corrected chi connectivity index (χ2v) is 7.64. The Kier molecular flexibility index (Phi) is 5.17.